The molecular formula is C74H64N2. The minimum atomic E-state index is 0.242. The summed E-state index contributed by atoms with van der Waals surface area (Å²) < 4.78 is 0. The molecule has 0 atom stereocenters. The van der Waals surface area contributed by atoms with Gasteiger partial charge in [-0.05, 0) is 175 Å². The largest absolute Gasteiger partial charge is 0.309 e. The van der Waals surface area contributed by atoms with Gasteiger partial charge >= 0.3 is 0 Å². The fourth-order valence-electron chi connectivity index (χ4n) is 12.2. The lowest BCUT2D eigenvalue weighted by atomic mass is 9.83. The van der Waals surface area contributed by atoms with E-state index in [1.165, 1.54) is 133 Å². The van der Waals surface area contributed by atoms with Gasteiger partial charge in [-0.2, -0.15) is 0 Å². The van der Waals surface area contributed by atoms with Crippen LogP contribution in [0.15, 0.2) is 231 Å². The standard InChI is InChI=1S/C74H64N2/c1-47(2)67-45-69(75(59-33-21-31-57(43-59)53-23-13-9-14-24-53)73-49(5)35-37-61(51(73)7)55-27-17-11-18-28-55)65-42-40-64-68(48(3)4)46-70(66-41-39-63(67)71(65)72(64)66)76(60-34-22-32-58(44-60)54-25-15-10-16-26-54)74-50(6)36-38-62(52(74)8)56-29-19-12-20-30-56/h9-48H,1-8H3. The van der Waals surface area contributed by atoms with Gasteiger partial charge in [0.1, 0.15) is 0 Å². The maximum Gasteiger partial charge on any atom is 0.0543 e. The molecule has 0 aliphatic rings. The van der Waals surface area contributed by atoms with Gasteiger partial charge in [-0.1, -0.05) is 222 Å². The third kappa shape index (κ3) is 8.39. The molecule has 0 spiro atoms. The van der Waals surface area contributed by atoms with Gasteiger partial charge in [0.15, 0.2) is 0 Å². The van der Waals surface area contributed by atoms with Crippen LogP contribution < -0.4 is 9.80 Å². The Balaban J connectivity index is 1.20. The molecule has 12 aromatic carbocycles. The maximum absolute atomic E-state index is 2.59. The van der Waals surface area contributed by atoms with E-state index >= 15 is 0 Å². The number of rotatable bonds is 12. The van der Waals surface area contributed by atoms with Gasteiger partial charge in [-0.3, -0.25) is 0 Å². The molecule has 2 nitrogen and oxygen atoms in total. The lowest BCUT2D eigenvalue weighted by Gasteiger charge is -2.34. The Morgan fingerprint density at radius 3 is 0.974 bits per heavy atom. The topological polar surface area (TPSA) is 6.48 Å². The molecule has 0 heterocycles. The van der Waals surface area contributed by atoms with E-state index in [9.17, 15) is 0 Å². The molecule has 0 fully saturated rings. The highest BCUT2D eigenvalue weighted by molar-refractivity contribution is 6.29. The summed E-state index contributed by atoms with van der Waals surface area (Å²) in [6.07, 6.45) is 0. The van der Waals surface area contributed by atoms with E-state index in [4.69, 9.17) is 0 Å². The zero-order chi connectivity index (χ0) is 52.2. The molecule has 0 amide bonds. The van der Waals surface area contributed by atoms with Gasteiger partial charge in [-0.25, -0.2) is 0 Å². The van der Waals surface area contributed by atoms with E-state index in [0.717, 1.165) is 11.4 Å². The van der Waals surface area contributed by atoms with Gasteiger partial charge < -0.3 is 9.80 Å². The van der Waals surface area contributed by atoms with Crippen molar-refractivity contribution in [2.45, 2.75) is 67.2 Å². The Morgan fingerprint density at radius 2 is 0.618 bits per heavy atom. The number of benzene rings is 12. The first kappa shape index (κ1) is 48.2. The molecule has 0 unspecified atom stereocenters. The van der Waals surface area contributed by atoms with E-state index in [0.29, 0.717) is 0 Å². The lowest BCUT2D eigenvalue weighted by Crippen LogP contribution is -2.16. The second-order valence-electron chi connectivity index (χ2n) is 21.4. The molecule has 0 saturated carbocycles. The zero-order valence-corrected chi connectivity index (χ0v) is 45.0. The van der Waals surface area contributed by atoms with Crippen molar-refractivity contribution in [3.05, 3.63) is 264 Å². The van der Waals surface area contributed by atoms with Crippen molar-refractivity contribution in [3.63, 3.8) is 0 Å². The lowest BCUT2D eigenvalue weighted by molar-refractivity contribution is 0.875. The Hall–Kier alpha value is -8.72. The Morgan fingerprint density at radius 1 is 0.289 bits per heavy atom. The highest BCUT2D eigenvalue weighted by Crippen LogP contribution is 2.53. The monoisotopic (exact) mass is 981 g/mol. The van der Waals surface area contributed by atoms with Crippen molar-refractivity contribution < 1.29 is 0 Å². The SMILES string of the molecule is Cc1ccc(-c2ccccc2)c(C)c1N(c1cccc(-c2ccccc2)c1)c1cc(C(C)C)c2ccc3c(N(c4cccc(-c5ccccc5)c4)c4c(C)ccc(-c5ccccc5)c4C)cc(C(C)C)c4ccc1c2c43. The van der Waals surface area contributed by atoms with Crippen LogP contribution in [0.4, 0.5) is 34.1 Å². The number of anilines is 6. The summed E-state index contributed by atoms with van der Waals surface area (Å²) >= 11 is 0. The average Bonchev–Trinajstić information content (AvgIpc) is 3.65. The molecule has 0 aromatic heterocycles. The molecule has 2 heteroatoms. The minimum Gasteiger partial charge on any atom is -0.309 e. The fraction of sp³-hybridized carbons (Fsp3) is 0.135. The Bertz CT molecular complexity index is 3810. The quantitative estimate of drug-likeness (QED) is 0.113. The third-order valence-electron chi connectivity index (χ3n) is 16.0. The van der Waals surface area contributed by atoms with Crippen LogP contribution in [0, 0.1) is 27.7 Å². The molecule has 0 saturated heterocycles. The van der Waals surface area contributed by atoms with Crippen molar-refractivity contribution in [3.8, 4) is 44.5 Å². The van der Waals surface area contributed by atoms with E-state index in [-0.39, 0.29) is 11.8 Å². The predicted octanol–water partition coefficient (Wildman–Crippen LogP) is 21.7. The number of aryl methyl sites for hydroxylation is 2. The molecule has 76 heavy (non-hydrogen) atoms. The molecular weight excluding hydrogens is 917 g/mol. The second-order valence-corrected chi connectivity index (χ2v) is 21.4. The predicted molar refractivity (Wildman–Crippen MR) is 328 cm³/mol. The van der Waals surface area contributed by atoms with Crippen molar-refractivity contribution in [2.75, 3.05) is 9.80 Å². The molecule has 0 radical (unpaired) electrons. The van der Waals surface area contributed by atoms with E-state index < -0.39 is 0 Å². The van der Waals surface area contributed by atoms with E-state index in [2.05, 4.69) is 296 Å². The van der Waals surface area contributed by atoms with E-state index in [1.807, 2.05) is 0 Å². The van der Waals surface area contributed by atoms with Crippen LogP contribution in [0.2, 0.25) is 0 Å². The molecule has 0 N–H and O–H groups in total. The first-order chi connectivity index (χ1) is 37.0. The number of hydrogen-bond acceptors (Lipinski definition) is 2. The smallest absolute Gasteiger partial charge is 0.0543 e. The molecule has 12 aromatic rings. The van der Waals surface area contributed by atoms with Crippen LogP contribution in [0.25, 0.3) is 76.8 Å². The highest BCUT2D eigenvalue weighted by atomic mass is 15.2. The molecule has 0 aliphatic heterocycles. The third-order valence-corrected chi connectivity index (χ3v) is 16.0. The zero-order valence-electron chi connectivity index (χ0n) is 45.0. The first-order valence-corrected chi connectivity index (χ1v) is 27.1. The fourth-order valence-corrected chi connectivity index (χ4v) is 12.2. The van der Waals surface area contributed by atoms with Gasteiger partial charge in [0.2, 0.25) is 0 Å². The molecule has 0 aliphatic carbocycles. The molecule has 12 rings (SSSR count). The van der Waals surface area contributed by atoms with Crippen molar-refractivity contribution in [1.29, 1.82) is 0 Å². The van der Waals surface area contributed by atoms with Crippen LogP contribution in [-0.2, 0) is 0 Å². The average molecular weight is 981 g/mol. The highest BCUT2D eigenvalue weighted by Gasteiger charge is 2.29. The summed E-state index contributed by atoms with van der Waals surface area (Å²) in [5.41, 5.74) is 24.3. The Labute approximate surface area is 449 Å². The maximum atomic E-state index is 2.59. The van der Waals surface area contributed by atoms with E-state index in [1.54, 1.807) is 0 Å². The number of nitrogens with zero attached hydrogens (tertiary/aromatic N) is 2. The van der Waals surface area contributed by atoms with Crippen molar-refractivity contribution >= 4 is 66.4 Å². The summed E-state index contributed by atoms with van der Waals surface area (Å²) in [5.74, 6) is 0.483. The summed E-state index contributed by atoms with van der Waals surface area (Å²) in [5, 5.41) is 7.69. The molecule has 370 valence electrons. The molecule has 0 bridgehead atoms. The van der Waals surface area contributed by atoms with Crippen LogP contribution in [0.1, 0.15) is 72.9 Å². The summed E-state index contributed by atoms with van der Waals surface area (Å²) in [6.45, 7) is 18.6. The van der Waals surface area contributed by atoms with Crippen LogP contribution >= 0.6 is 0 Å². The van der Waals surface area contributed by atoms with Crippen molar-refractivity contribution in [2.24, 2.45) is 0 Å². The van der Waals surface area contributed by atoms with Gasteiger partial charge in [0.25, 0.3) is 0 Å². The summed E-state index contributed by atoms with van der Waals surface area (Å²) in [6, 6.07) is 85.7. The van der Waals surface area contributed by atoms with Crippen molar-refractivity contribution in [1.82, 2.24) is 0 Å². The van der Waals surface area contributed by atoms with Gasteiger partial charge in [-0.15, -0.1) is 0 Å². The number of hydrogen-bond donors (Lipinski definition) is 0. The first-order valence-electron chi connectivity index (χ1n) is 27.1. The summed E-state index contributed by atoms with van der Waals surface area (Å²) in [4.78, 5) is 5.18. The van der Waals surface area contributed by atoms with Crippen LogP contribution in [-0.4, -0.2) is 0 Å². The van der Waals surface area contributed by atoms with Gasteiger partial charge in [0.05, 0.1) is 22.7 Å². The summed E-state index contributed by atoms with van der Waals surface area (Å²) in [7, 11) is 0. The second kappa shape index (κ2) is 19.9. The minimum absolute atomic E-state index is 0.242. The normalized spacial score (nSPS) is 11.7. The van der Waals surface area contributed by atoms with Crippen LogP contribution in [0.5, 0.6) is 0 Å². The Kier molecular flexibility index (Phi) is 12.6. The van der Waals surface area contributed by atoms with Crippen LogP contribution in [0.3, 0.4) is 0 Å². The van der Waals surface area contributed by atoms with Gasteiger partial charge in [0, 0.05) is 22.1 Å².